The first-order valence-electron chi connectivity index (χ1n) is 15.7. The van der Waals surface area contributed by atoms with E-state index in [-0.39, 0.29) is 17.4 Å². The highest BCUT2D eigenvalue weighted by atomic mass is 35.5. The number of aromatic nitrogens is 4. The Balaban J connectivity index is 1.40. The molecule has 0 atom stereocenters. The fourth-order valence-corrected chi connectivity index (χ4v) is 7.02. The zero-order valence-corrected chi connectivity index (χ0v) is 27.4. The predicted octanol–water partition coefficient (Wildman–Crippen LogP) is 5.75. The number of nitrogens with one attached hydrogen (secondary N) is 1. The van der Waals surface area contributed by atoms with Crippen molar-refractivity contribution in [1.29, 1.82) is 0 Å². The van der Waals surface area contributed by atoms with Crippen LogP contribution in [0.1, 0.15) is 75.5 Å². The van der Waals surface area contributed by atoms with Crippen LogP contribution in [0.2, 0.25) is 5.02 Å². The van der Waals surface area contributed by atoms with Crippen molar-refractivity contribution in [2.75, 3.05) is 31.6 Å². The summed E-state index contributed by atoms with van der Waals surface area (Å²) in [5.74, 6) is -1.74. The number of fused-ring (bicyclic) bond motifs is 3. The summed E-state index contributed by atoms with van der Waals surface area (Å²) in [6.45, 7) is 6.43. The molecule has 3 aromatic rings. The van der Waals surface area contributed by atoms with Crippen LogP contribution in [0.25, 0.3) is 11.4 Å². The highest BCUT2D eigenvalue weighted by Gasteiger charge is 2.45. The normalized spacial score (nSPS) is 18.1. The Kier molecular flexibility index (Phi) is 8.81. The minimum atomic E-state index is -4.84. The average molecular weight is 695 g/mol. The molecule has 4 heterocycles. The van der Waals surface area contributed by atoms with E-state index in [1.165, 1.54) is 4.52 Å². The molecule has 0 bridgehead atoms. The van der Waals surface area contributed by atoms with Crippen molar-refractivity contribution in [3.05, 3.63) is 62.0 Å². The van der Waals surface area contributed by atoms with Crippen molar-refractivity contribution < 1.29 is 36.6 Å². The number of nitrogens with zero attached hydrogens (tertiary/aromatic N) is 5. The van der Waals surface area contributed by atoms with E-state index < -0.39 is 57.8 Å². The Morgan fingerprint density at radius 3 is 2.48 bits per heavy atom. The SMILES string of the molecule is CC(C)(C)OC(=O)N1CCC2(CCCc3c2c(=O)n2nc(C4=CCOCC4)nc2n3CC(=O)Nc2c(F)cc(C(F)(F)F)cc2Cl)CC1. The number of halogens is 5. The molecule has 1 aliphatic carbocycles. The van der Waals surface area contributed by atoms with E-state index in [4.69, 9.17) is 21.1 Å². The molecule has 1 saturated heterocycles. The van der Waals surface area contributed by atoms with Gasteiger partial charge in [-0.25, -0.2) is 9.18 Å². The first-order chi connectivity index (χ1) is 22.6. The first kappa shape index (κ1) is 33.9. The zero-order chi connectivity index (χ0) is 34.6. The Morgan fingerprint density at radius 2 is 1.85 bits per heavy atom. The summed E-state index contributed by atoms with van der Waals surface area (Å²) in [6.07, 6.45) is -0.198. The Labute approximate surface area is 277 Å². The Hall–Kier alpha value is -3.98. The number of hydrogen-bond donors (Lipinski definition) is 1. The van der Waals surface area contributed by atoms with Gasteiger partial charge in [-0.05, 0) is 77.0 Å². The van der Waals surface area contributed by atoms with Gasteiger partial charge in [0.25, 0.3) is 5.56 Å². The van der Waals surface area contributed by atoms with Crippen LogP contribution in [0.15, 0.2) is 23.0 Å². The summed E-state index contributed by atoms with van der Waals surface area (Å²) in [4.78, 5) is 46.9. The smallest absolute Gasteiger partial charge is 0.416 e. The fourth-order valence-electron chi connectivity index (χ4n) is 6.77. The van der Waals surface area contributed by atoms with Gasteiger partial charge in [0, 0.05) is 29.8 Å². The molecule has 6 rings (SSSR count). The van der Waals surface area contributed by atoms with E-state index >= 15 is 0 Å². The summed E-state index contributed by atoms with van der Waals surface area (Å²) in [5.41, 5.74) is -1.72. The van der Waals surface area contributed by atoms with Gasteiger partial charge in [-0.15, -0.1) is 5.10 Å². The quantitative estimate of drug-likeness (QED) is 0.346. The largest absolute Gasteiger partial charge is 0.444 e. The number of carbonyl (C=O) groups excluding carboxylic acids is 2. The molecule has 1 fully saturated rings. The second-order valence-electron chi connectivity index (χ2n) is 13.4. The number of carbonyl (C=O) groups is 2. The molecule has 0 saturated carbocycles. The predicted molar refractivity (Wildman–Crippen MR) is 167 cm³/mol. The van der Waals surface area contributed by atoms with Gasteiger partial charge >= 0.3 is 12.3 Å². The van der Waals surface area contributed by atoms with Crippen LogP contribution in [0.4, 0.5) is 28.0 Å². The number of alkyl halides is 3. The van der Waals surface area contributed by atoms with Crippen LogP contribution < -0.4 is 10.9 Å². The van der Waals surface area contributed by atoms with Gasteiger partial charge in [0.05, 0.1) is 29.5 Å². The first-order valence-corrected chi connectivity index (χ1v) is 16.1. The van der Waals surface area contributed by atoms with E-state index in [0.29, 0.717) is 88.0 Å². The lowest BCUT2D eigenvalue weighted by Crippen LogP contribution is -2.51. The van der Waals surface area contributed by atoms with E-state index in [1.54, 1.807) is 30.2 Å². The van der Waals surface area contributed by atoms with Crippen molar-refractivity contribution in [3.63, 3.8) is 0 Å². The van der Waals surface area contributed by atoms with Gasteiger partial charge in [-0.3, -0.25) is 9.59 Å². The standard InChI is InChI=1S/C32H35ClF4N6O5/c1-30(2,3)48-29(46)41-11-9-31(10-12-41)8-4-5-22-24(31)27(45)43-28(39-26(40-43)18-6-13-47-14-7-18)42(22)17-23(44)38-25-20(33)15-19(16-21(25)34)32(35,36)37/h6,15-16H,4-5,7-14,17H2,1-3H3,(H,38,44). The molecule has 16 heteroatoms. The van der Waals surface area contributed by atoms with Gasteiger partial charge < -0.3 is 24.3 Å². The van der Waals surface area contributed by atoms with Crippen LogP contribution in [-0.4, -0.2) is 68.0 Å². The van der Waals surface area contributed by atoms with Gasteiger partial charge in [-0.1, -0.05) is 17.7 Å². The molecule has 48 heavy (non-hydrogen) atoms. The van der Waals surface area contributed by atoms with Crippen LogP contribution in [-0.2, 0) is 38.8 Å². The summed E-state index contributed by atoms with van der Waals surface area (Å²) in [7, 11) is 0. The number of benzene rings is 1. The molecule has 1 aromatic carbocycles. The van der Waals surface area contributed by atoms with Gasteiger partial charge in [0.1, 0.15) is 18.0 Å². The molecule has 0 unspecified atom stereocenters. The van der Waals surface area contributed by atoms with Crippen LogP contribution in [0, 0.1) is 5.82 Å². The van der Waals surface area contributed by atoms with Gasteiger partial charge in [0.2, 0.25) is 11.7 Å². The number of anilines is 1. The number of rotatable bonds is 4. The lowest BCUT2D eigenvalue weighted by molar-refractivity contribution is -0.137. The number of hydrogen-bond acceptors (Lipinski definition) is 7. The van der Waals surface area contributed by atoms with Gasteiger partial charge in [-0.2, -0.15) is 22.7 Å². The number of amides is 2. The minimum Gasteiger partial charge on any atom is -0.444 e. The molecule has 0 radical (unpaired) electrons. The minimum absolute atomic E-state index is 0.0959. The van der Waals surface area contributed by atoms with Crippen molar-refractivity contribution in [2.24, 2.45) is 0 Å². The molecule has 1 spiro atoms. The summed E-state index contributed by atoms with van der Waals surface area (Å²) in [6, 6.07) is 0.806. The van der Waals surface area contributed by atoms with Crippen molar-refractivity contribution in [2.45, 2.75) is 83.0 Å². The third-order valence-corrected chi connectivity index (χ3v) is 9.31. The van der Waals surface area contributed by atoms with E-state index in [9.17, 15) is 31.9 Å². The Bertz CT molecular complexity index is 1850. The van der Waals surface area contributed by atoms with Gasteiger partial charge in [0.15, 0.2) is 5.82 Å². The van der Waals surface area contributed by atoms with Crippen molar-refractivity contribution >= 4 is 40.6 Å². The lowest BCUT2D eigenvalue weighted by atomic mass is 9.66. The third kappa shape index (κ3) is 6.53. The van der Waals surface area contributed by atoms with Crippen LogP contribution >= 0.6 is 11.6 Å². The molecule has 11 nitrogen and oxygen atoms in total. The third-order valence-electron chi connectivity index (χ3n) is 9.01. The summed E-state index contributed by atoms with van der Waals surface area (Å²) >= 11 is 5.99. The van der Waals surface area contributed by atoms with Crippen molar-refractivity contribution in [1.82, 2.24) is 24.1 Å². The maximum atomic E-state index is 14.8. The van der Waals surface area contributed by atoms with Crippen molar-refractivity contribution in [3.8, 4) is 0 Å². The molecule has 2 aliphatic heterocycles. The molecule has 258 valence electrons. The van der Waals surface area contributed by atoms with E-state index in [2.05, 4.69) is 15.4 Å². The average Bonchev–Trinajstić information content (AvgIpc) is 3.46. The highest BCUT2D eigenvalue weighted by Crippen LogP contribution is 2.44. The molecule has 3 aliphatic rings. The molecule has 2 aromatic heterocycles. The topological polar surface area (TPSA) is 120 Å². The highest BCUT2D eigenvalue weighted by molar-refractivity contribution is 6.33. The second-order valence-corrected chi connectivity index (χ2v) is 13.8. The molecular weight excluding hydrogens is 660 g/mol. The Morgan fingerprint density at radius 1 is 1.12 bits per heavy atom. The maximum Gasteiger partial charge on any atom is 0.416 e. The van der Waals surface area contributed by atoms with Crippen LogP contribution in [0.5, 0.6) is 0 Å². The molecular formula is C32H35ClF4N6O5. The molecule has 1 N–H and O–H groups in total. The number of piperidine rings is 1. The summed E-state index contributed by atoms with van der Waals surface area (Å²) < 4.78 is 68.1. The number of ether oxygens (including phenoxy) is 2. The fraction of sp³-hybridized carbons (Fsp3) is 0.531. The molecule has 2 amide bonds. The lowest BCUT2D eigenvalue weighted by Gasteiger charge is -2.45. The zero-order valence-electron chi connectivity index (χ0n) is 26.7. The van der Waals surface area contributed by atoms with E-state index in [0.717, 1.165) is 5.57 Å². The monoisotopic (exact) mass is 694 g/mol. The van der Waals surface area contributed by atoms with Crippen LogP contribution in [0.3, 0.4) is 0 Å². The second kappa shape index (κ2) is 12.5. The number of likely N-dealkylation sites (tertiary alicyclic amines) is 1. The maximum absolute atomic E-state index is 14.8. The van der Waals surface area contributed by atoms with E-state index in [1.807, 2.05) is 6.08 Å². The summed E-state index contributed by atoms with van der Waals surface area (Å²) in [5, 5.41) is 6.26.